The fraction of sp³-hybridized carbons (Fsp3) is 0.207. The highest BCUT2D eigenvalue weighted by Gasteiger charge is 2.19. The van der Waals surface area contributed by atoms with E-state index in [0.29, 0.717) is 30.6 Å². The van der Waals surface area contributed by atoms with Gasteiger partial charge in [0.2, 0.25) is 5.91 Å². The number of para-hydroxylation sites is 1. The zero-order valence-electron chi connectivity index (χ0n) is 21.1. The van der Waals surface area contributed by atoms with E-state index < -0.39 is 0 Å². The molecule has 0 unspecified atom stereocenters. The molecule has 0 radical (unpaired) electrons. The van der Waals surface area contributed by atoms with Gasteiger partial charge in [-0.25, -0.2) is 14.2 Å². The maximum absolute atomic E-state index is 13.2. The van der Waals surface area contributed by atoms with E-state index in [1.54, 1.807) is 9.42 Å². The van der Waals surface area contributed by atoms with Crippen LogP contribution in [0.1, 0.15) is 34.5 Å². The monoisotopic (exact) mass is 489 g/mol. The Morgan fingerprint density at radius 1 is 1.05 bits per heavy atom. The molecule has 0 aliphatic carbocycles. The van der Waals surface area contributed by atoms with Crippen LogP contribution in [0.5, 0.6) is 0 Å². The third kappa shape index (κ3) is 4.71. The SMILES string of the molecule is Cc1nc2c(C#N)cnn2c(C)c1CCC(=O)N(C)Cc1cn(-c2ccccc2)nc1-c1ccccc1. The number of nitrogens with zero attached hydrogens (tertiary/aromatic N) is 7. The quantitative estimate of drug-likeness (QED) is 0.332. The highest BCUT2D eigenvalue weighted by atomic mass is 16.2. The summed E-state index contributed by atoms with van der Waals surface area (Å²) in [5.74, 6) is 0.0311. The number of rotatable bonds is 7. The van der Waals surface area contributed by atoms with Crippen molar-refractivity contribution in [3.05, 3.63) is 101 Å². The molecule has 0 fully saturated rings. The molecule has 3 heterocycles. The van der Waals surface area contributed by atoms with Gasteiger partial charge in [-0.15, -0.1) is 0 Å². The molecule has 8 heteroatoms. The van der Waals surface area contributed by atoms with Crippen LogP contribution < -0.4 is 0 Å². The lowest BCUT2D eigenvalue weighted by Crippen LogP contribution is -2.26. The van der Waals surface area contributed by atoms with Crippen molar-refractivity contribution in [1.82, 2.24) is 29.3 Å². The molecule has 8 nitrogen and oxygen atoms in total. The van der Waals surface area contributed by atoms with Crippen LogP contribution in [0.4, 0.5) is 0 Å². The molecule has 0 atom stereocenters. The van der Waals surface area contributed by atoms with Gasteiger partial charge in [0, 0.05) is 48.7 Å². The van der Waals surface area contributed by atoms with Crippen LogP contribution in [0.2, 0.25) is 0 Å². The Hall–Kier alpha value is -4.77. The first-order valence-electron chi connectivity index (χ1n) is 12.1. The summed E-state index contributed by atoms with van der Waals surface area (Å²) >= 11 is 0. The molecule has 0 saturated carbocycles. The van der Waals surface area contributed by atoms with Crippen LogP contribution in [0, 0.1) is 25.2 Å². The van der Waals surface area contributed by atoms with Gasteiger partial charge in [0.05, 0.1) is 17.6 Å². The maximum Gasteiger partial charge on any atom is 0.222 e. The topological polar surface area (TPSA) is 92.1 Å². The first-order valence-corrected chi connectivity index (χ1v) is 12.1. The second kappa shape index (κ2) is 10.1. The second-order valence-corrected chi connectivity index (χ2v) is 9.07. The molecule has 0 saturated heterocycles. The summed E-state index contributed by atoms with van der Waals surface area (Å²) in [4.78, 5) is 19.5. The molecule has 184 valence electrons. The van der Waals surface area contributed by atoms with Gasteiger partial charge in [-0.3, -0.25) is 4.79 Å². The van der Waals surface area contributed by atoms with Gasteiger partial charge in [-0.2, -0.15) is 15.5 Å². The Labute approximate surface area is 215 Å². The zero-order valence-corrected chi connectivity index (χ0v) is 21.1. The summed E-state index contributed by atoms with van der Waals surface area (Å²) < 4.78 is 3.54. The average Bonchev–Trinajstić information content (AvgIpc) is 3.53. The number of hydrogen-bond acceptors (Lipinski definition) is 5. The van der Waals surface area contributed by atoms with Gasteiger partial charge in [0.1, 0.15) is 11.6 Å². The number of nitriles is 1. The van der Waals surface area contributed by atoms with Crippen molar-refractivity contribution in [2.75, 3.05) is 7.05 Å². The summed E-state index contributed by atoms with van der Waals surface area (Å²) in [6, 6.07) is 22.1. The molecule has 5 aromatic rings. The molecule has 0 aliphatic rings. The van der Waals surface area contributed by atoms with Crippen molar-refractivity contribution in [3.8, 4) is 23.0 Å². The van der Waals surface area contributed by atoms with E-state index in [1.165, 1.54) is 6.20 Å². The predicted octanol–water partition coefficient (Wildman–Crippen LogP) is 4.66. The van der Waals surface area contributed by atoms with Gasteiger partial charge in [0.15, 0.2) is 5.65 Å². The smallest absolute Gasteiger partial charge is 0.222 e. The second-order valence-electron chi connectivity index (χ2n) is 9.07. The molecule has 2 aromatic carbocycles. The van der Waals surface area contributed by atoms with Crippen LogP contribution in [0.15, 0.2) is 73.1 Å². The van der Waals surface area contributed by atoms with Crippen molar-refractivity contribution in [3.63, 3.8) is 0 Å². The van der Waals surface area contributed by atoms with Crippen molar-refractivity contribution in [2.24, 2.45) is 0 Å². The number of amides is 1. The minimum atomic E-state index is 0.0311. The van der Waals surface area contributed by atoms with Gasteiger partial charge >= 0.3 is 0 Å². The zero-order chi connectivity index (χ0) is 25.9. The van der Waals surface area contributed by atoms with Crippen molar-refractivity contribution >= 4 is 11.6 Å². The first kappa shape index (κ1) is 23.9. The lowest BCUT2D eigenvalue weighted by molar-refractivity contribution is -0.130. The number of aromatic nitrogens is 5. The van der Waals surface area contributed by atoms with Crippen molar-refractivity contribution < 1.29 is 4.79 Å². The Balaban J connectivity index is 1.36. The number of aryl methyl sites for hydroxylation is 2. The Bertz CT molecular complexity index is 1610. The highest BCUT2D eigenvalue weighted by molar-refractivity contribution is 5.76. The number of carbonyl (C=O) groups excluding carboxylic acids is 1. The molecule has 0 spiro atoms. The summed E-state index contributed by atoms with van der Waals surface area (Å²) in [5, 5.41) is 18.5. The van der Waals surface area contributed by atoms with Crippen LogP contribution >= 0.6 is 0 Å². The number of benzene rings is 2. The Morgan fingerprint density at radius 3 is 2.46 bits per heavy atom. The van der Waals surface area contributed by atoms with Crippen LogP contribution in [0.25, 0.3) is 22.6 Å². The summed E-state index contributed by atoms with van der Waals surface area (Å²) in [6.07, 6.45) is 4.40. The molecule has 3 aromatic heterocycles. The Kier molecular flexibility index (Phi) is 6.52. The average molecular weight is 490 g/mol. The van der Waals surface area contributed by atoms with Gasteiger partial charge in [-0.1, -0.05) is 48.5 Å². The minimum absolute atomic E-state index is 0.0311. The first-order chi connectivity index (χ1) is 18.0. The van der Waals surface area contributed by atoms with Gasteiger partial charge in [-0.05, 0) is 38.0 Å². The van der Waals surface area contributed by atoms with Gasteiger partial charge < -0.3 is 4.90 Å². The van der Waals surface area contributed by atoms with Crippen molar-refractivity contribution in [2.45, 2.75) is 33.2 Å². The summed E-state index contributed by atoms with van der Waals surface area (Å²) in [5.41, 5.74) is 7.49. The fourth-order valence-corrected chi connectivity index (χ4v) is 4.60. The lowest BCUT2D eigenvalue weighted by Gasteiger charge is -2.18. The fourth-order valence-electron chi connectivity index (χ4n) is 4.60. The standard InChI is InChI=1S/C29H27N7O/c1-20-26(21(2)36-29(32-20)23(16-30)17-31-36)14-15-27(37)34(3)18-24-19-35(25-12-8-5-9-13-25)33-28(24)22-10-6-4-7-11-22/h4-13,17,19H,14-15,18H2,1-3H3. The molecule has 37 heavy (non-hydrogen) atoms. The molecular formula is C29H27N7O. The highest BCUT2D eigenvalue weighted by Crippen LogP contribution is 2.25. The lowest BCUT2D eigenvalue weighted by atomic mass is 10.1. The minimum Gasteiger partial charge on any atom is -0.341 e. The third-order valence-electron chi connectivity index (χ3n) is 6.61. The van der Waals surface area contributed by atoms with E-state index >= 15 is 0 Å². The third-order valence-corrected chi connectivity index (χ3v) is 6.61. The van der Waals surface area contributed by atoms with E-state index in [2.05, 4.69) is 16.2 Å². The van der Waals surface area contributed by atoms with E-state index in [1.807, 2.05) is 92.4 Å². The molecule has 5 rings (SSSR count). The summed E-state index contributed by atoms with van der Waals surface area (Å²) in [6.45, 7) is 4.30. The molecule has 1 amide bonds. The van der Waals surface area contributed by atoms with Crippen LogP contribution in [-0.2, 0) is 17.8 Å². The molecule has 0 aliphatic heterocycles. The number of hydrogen-bond donors (Lipinski definition) is 0. The van der Waals surface area contributed by atoms with E-state index in [-0.39, 0.29) is 5.91 Å². The van der Waals surface area contributed by atoms with Crippen LogP contribution in [0.3, 0.4) is 0 Å². The normalized spacial score (nSPS) is 11.0. The molecular weight excluding hydrogens is 462 g/mol. The number of carbonyl (C=O) groups is 1. The van der Waals surface area contributed by atoms with E-state index in [0.717, 1.165) is 39.5 Å². The van der Waals surface area contributed by atoms with Crippen molar-refractivity contribution in [1.29, 1.82) is 5.26 Å². The van der Waals surface area contributed by atoms with E-state index in [9.17, 15) is 10.1 Å². The molecule has 0 N–H and O–H groups in total. The number of fused-ring (bicyclic) bond motifs is 1. The predicted molar refractivity (Wildman–Crippen MR) is 141 cm³/mol. The maximum atomic E-state index is 13.2. The van der Waals surface area contributed by atoms with E-state index in [4.69, 9.17) is 5.10 Å². The van der Waals surface area contributed by atoms with Gasteiger partial charge in [0.25, 0.3) is 0 Å². The molecule has 0 bridgehead atoms. The van der Waals surface area contributed by atoms with Crippen LogP contribution in [-0.4, -0.2) is 42.2 Å². The summed E-state index contributed by atoms with van der Waals surface area (Å²) in [7, 11) is 1.82. The Morgan fingerprint density at radius 2 is 1.76 bits per heavy atom. The largest absolute Gasteiger partial charge is 0.341 e.